The minimum atomic E-state index is -0.212. The summed E-state index contributed by atoms with van der Waals surface area (Å²) in [5.41, 5.74) is 2.25. The molecule has 0 aliphatic rings. The van der Waals surface area contributed by atoms with Gasteiger partial charge in [-0.15, -0.1) is 0 Å². The van der Waals surface area contributed by atoms with E-state index in [1.54, 1.807) is 17.0 Å². The van der Waals surface area contributed by atoms with Crippen LogP contribution in [-0.4, -0.2) is 23.8 Å². The van der Waals surface area contributed by atoms with Crippen LogP contribution in [-0.2, 0) is 0 Å². The highest BCUT2D eigenvalue weighted by atomic mass is 32.2. The lowest BCUT2D eigenvalue weighted by atomic mass is 10.1. The van der Waals surface area contributed by atoms with Gasteiger partial charge in [-0.3, -0.25) is 9.69 Å². The van der Waals surface area contributed by atoms with Gasteiger partial charge in [-0.05, 0) is 24.1 Å². The summed E-state index contributed by atoms with van der Waals surface area (Å²) in [7, 11) is 0. The van der Waals surface area contributed by atoms with Gasteiger partial charge < -0.3 is 5.32 Å². The Labute approximate surface area is 165 Å². The number of anilines is 1. The van der Waals surface area contributed by atoms with Crippen LogP contribution < -0.4 is 5.32 Å². The molecule has 2 amide bonds. The van der Waals surface area contributed by atoms with Gasteiger partial charge >= 0.3 is 6.03 Å². The number of para-hydroxylation sites is 1. The summed E-state index contributed by atoms with van der Waals surface area (Å²) in [6, 6.07) is 16.3. The van der Waals surface area contributed by atoms with E-state index in [1.807, 2.05) is 42.5 Å². The number of nitrogens with one attached hydrogen (secondary N) is 1. The van der Waals surface area contributed by atoms with Crippen LogP contribution in [0.2, 0.25) is 0 Å². The molecular weight excluding hydrogens is 356 g/mol. The Balaban J connectivity index is 2.07. The Kier molecular flexibility index (Phi) is 7.89. The molecule has 2 aromatic rings. The number of nitrogens with zero attached hydrogens (tertiary/aromatic N) is 1. The second-order valence-electron chi connectivity index (χ2n) is 5.96. The molecule has 0 unspecified atom stereocenters. The highest BCUT2D eigenvalue weighted by Gasteiger charge is 2.18. The third-order valence-corrected chi connectivity index (χ3v) is 4.85. The average molecular weight is 381 g/mol. The minimum absolute atomic E-state index is 0.212. The number of amides is 2. The molecule has 0 radical (unpaired) electrons. The number of aldehydes is 1. The molecule has 0 saturated heterocycles. The van der Waals surface area contributed by atoms with Crippen LogP contribution in [0.3, 0.4) is 0 Å². The van der Waals surface area contributed by atoms with E-state index < -0.39 is 0 Å². The fraction of sp³-hybridized carbons (Fsp3) is 0.182. The Morgan fingerprint density at radius 1 is 1.11 bits per heavy atom. The van der Waals surface area contributed by atoms with Gasteiger partial charge in [0.1, 0.15) is 6.29 Å². The molecule has 27 heavy (non-hydrogen) atoms. The van der Waals surface area contributed by atoms with Crippen molar-refractivity contribution in [1.29, 1.82) is 0 Å². The summed E-state index contributed by atoms with van der Waals surface area (Å²) in [5.74, 6) is 0. The Morgan fingerprint density at radius 2 is 1.78 bits per heavy atom. The van der Waals surface area contributed by atoms with Crippen LogP contribution in [0.5, 0.6) is 0 Å². The molecule has 0 aliphatic carbocycles. The maximum absolute atomic E-state index is 12.7. The summed E-state index contributed by atoms with van der Waals surface area (Å²) in [4.78, 5) is 25.9. The van der Waals surface area contributed by atoms with E-state index in [4.69, 9.17) is 0 Å². The van der Waals surface area contributed by atoms with E-state index in [1.165, 1.54) is 11.8 Å². The number of hydrogen-bond acceptors (Lipinski definition) is 3. The fourth-order valence-corrected chi connectivity index (χ4v) is 3.19. The molecule has 2 rings (SSSR count). The number of benzene rings is 2. The van der Waals surface area contributed by atoms with Crippen molar-refractivity contribution in [3.63, 3.8) is 0 Å². The quantitative estimate of drug-likeness (QED) is 0.542. The van der Waals surface area contributed by atoms with Crippen molar-refractivity contribution in [2.24, 2.45) is 0 Å². The topological polar surface area (TPSA) is 49.4 Å². The van der Waals surface area contributed by atoms with E-state index in [-0.39, 0.29) is 6.03 Å². The van der Waals surface area contributed by atoms with Gasteiger partial charge in [-0.2, -0.15) is 0 Å². The van der Waals surface area contributed by atoms with Gasteiger partial charge in [-0.1, -0.05) is 80.7 Å². The number of thioether (sulfide) groups is 1. The molecule has 0 heterocycles. The summed E-state index contributed by atoms with van der Waals surface area (Å²) in [6.45, 7) is 10.8. The number of unbranched alkanes of at least 4 members (excludes halogenated alkanes) is 1. The van der Waals surface area contributed by atoms with Gasteiger partial charge in [0.2, 0.25) is 0 Å². The van der Waals surface area contributed by atoms with Crippen molar-refractivity contribution < 1.29 is 9.59 Å². The van der Waals surface area contributed by atoms with Crippen molar-refractivity contribution >= 4 is 34.7 Å². The molecular formula is C22H24N2O2S. The number of urea groups is 1. The van der Waals surface area contributed by atoms with Gasteiger partial charge in [0.25, 0.3) is 0 Å². The first-order valence-electron chi connectivity index (χ1n) is 8.80. The summed E-state index contributed by atoms with van der Waals surface area (Å²) >= 11 is 1.35. The van der Waals surface area contributed by atoms with Crippen LogP contribution in [0.4, 0.5) is 10.5 Å². The van der Waals surface area contributed by atoms with Crippen LogP contribution in [0.15, 0.2) is 72.8 Å². The Morgan fingerprint density at radius 3 is 2.37 bits per heavy atom. The molecule has 1 N–H and O–H groups in total. The molecule has 0 bridgehead atoms. The maximum Gasteiger partial charge on any atom is 0.326 e. The molecule has 140 valence electrons. The fourth-order valence-electron chi connectivity index (χ4n) is 2.37. The van der Waals surface area contributed by atoms with Crippen LogP contribution >= 0.6 is 11.8 Å². The van der Waals surface area contributed by atoms with Crippen molar-refractivity contribution in [3.05, 3.63) is 83.9 Å². The van der Waals surface area contributed by atoms with Crippen molar-refractivity contribution in [2.45, 2.75) is 19.8 Å². The van der Waals surface area contributed by atoms with E-state index in [2.05, 4.69) is 25.4 Å². The summed E-state index contributed by atoms with van der Waals surface area (Å²) < 4.78 is 0. The standard InChI is InChI=1S/C22H24N2O2S/c1-4-5-15-24(22(26)23-21-9-7-6-8-10-21)18(3)27-17(2)20-13-11-19(16-25)12-14-20/h6-14,16H,2-5,15H2,1H3,(H,23,26). The van der Waals surface area contributed by atoms with Crippen LogP contribution in [0.1, 0.15) is 35.7 Å². The molecule has 0 aliphatic heterocycles. The molecule has 0 spiro atoms. The monoisotopic (exact) mass is 380 g/mol. The molecule has 0 atom stereocenters. The second-order valence-corrected chi connectivity index (χ2v) is 7.13. The molecule has 5 heteroatoms. The van der Waals surface area contributed by atoms with Crippen molar-refractivity contribution in [1.82, 2.24) is 4.90 Å². The van der Waals surface area contributed by atoms with E-state index in [0.29, 0.717) is 17.1 Å². The predicted molar refractivity (Wildman–Crippen MR) is 115 cm³/mol. The number of carbonyl (C=O) groups is 2. The zero-order valence-corrected chi connectivity index (χ0v) is 16.3. The number of rotatable bonds is 9. The van der Waals surface area contributed by atoms with Gasteiger partial charge in [0, 0.05) is 22.7 Å². The van der Waals surface area contributed by atoms with E-state index in [9.17, 15) is 9.59 Å². The Bertz CT molecular complexity index is 801. The highest BCUT2D eigenvalue weighted by molar-refractivity contribution is 8.11. The van der Waals surface area contributed by atoms with Crippen molar-refractivity contribution in [2.75, 3.05) is 11.9 Å². The summed E-state index contributed by atoms with van der Waals surface area (Å²) in [5, 5.41) is 3.52. The first-order chi connectivity index (χ1) is 13.0. The molecule has 0 saturated carbocycles. The van der Waals surface area contributed by atoms with Gasteiger partial charge in [0.15, 0.2) is 0 Å². The summed E-state index contributed by atoms with van der Waals surface area (Å²) in [6.07, 6.45) is 2.66. The number of hydrogen-bond donors (Lipinski definition) is 1. The minimum Gasteiger partial charge on any atom is -0.308 e. The smallest absolute Gasteiger partial charge is 0.308 e. The number of carbonyl (C=O) groups excluding carboxylic acids is 2. The molecule has 4 nitrogen and oxygen atoms in total. The SMILES string of the molecule is C=C(SC(=C)N(CCCC)C(=O)Nc1ccccc1)c1ccc(C=O)cc1. The zero-order chi connectivity index (χ0) is 19.6. The van der Waals surface area contributed by atoms with Gasteiger partial charge in [0.05, 0.1) is 5.03 Å². The third kappa shape index (κ3) is 6.15. The Hall–Kier alpha value is -2.79. The largest absolute Gasteiger partial charge is 0.326 e. The second kappa shape index (κ2) is 10.4. The van der Waals surface area contributed by atoms with E-state index in [0.717, 1.165) is 35.3 Å². The lowest BCUT2D eigenvalue weighted by Gasteiger charge is -2.25. The lowest BCUT2D eigenvalue weighted by Crippen LogP contribution is -2.34. The molecule has 2 aromatic carbocycles. The van der Waals surface area contributed by atoms with Crippen molar-refractivity contribution in [3.8, 4) is 0 Å². The van der Waals surface area contributed by atoms with E-state index >= 15 is 0 Å². The third-order valence-electron chi connectivity index (χ3n) is 3.92. The first-order valence-corrected chi connectivity index (χ1v) is 9.61. The molecule has 0 fully saturated rings. The zero-order valence-electron chi connectivity index (χ0n) is 15.5. The highest BCUT2D eigenvalue weighted by Crippen LogP contribution is 2.33. The predicted octanol–water partition coefficient (Wildman–Crippen LogP) is 6.01. The maximum atomic E-state index is 12.7. The van der Waals surface area contributed by atoms with Gasteiger partial charge in [-0.25, -0.2) is 4.79 Å². The van der Waals surface area contributed by atoms with Crippen LogP contribution in [0, 0.1) is 0 Å². The average Bonchev–Trinajstić information content (AvgIpc) is 2.69. The molecule has 0 aromatic heterocycles. The first kappa shape index (κ1) is 20.5. The van der Waals surface area contributed by atoms with Crippen LogP contribution in [0.25, 0.3) is 4.91 Å². The lowest BCUT2D eigenvalue weighted by molar-refractivity contribution is 0.112. The normalized spacial score (nSPS) is 10.1.